The Morgan fingerprint density at radius 2 is 1.56 bits per heavy atom. The molecule has 0 aliphatic carbocycles. The maximum absolute atomic E-state index is 6.08. The van der Waals surface area contributed by atoms with Crippen molar-refractivity contribution in [1.82, 2.24) is 9.38 Å². The van der Waals surface area contributed by atoms with Gasteiger partial charge in [0.1, 0.15) is 5.65 Å². The van der Waals surface area contributed by atoms with Crippen molar-refractivity contribution in [2.45, 2.75) is 6.92 Å². The molecule has 0 aliphatic rings. The first-order valence-corrected chi connectivity index (χ1v) is 9.32. The molecule has 0 atom stereocenters. The summed E-state index contributed by atoms with van der Waals surface area (Å²) in [6, 6.07) is 29.1. The van der Waals surface area contributed by atoms with E-state index in [0.29, 0.717) is 0 Å². The van der Waals surface area contributed by atoms with Gasteiger partial charge in [-0.15, -0.1) is 0 Å². The zero-order chi connectivity index (χ0) is 18.4. The Hall–Kier alpha value is -3.10. The molecule has 0 spiro atoms. The van der Waals surface area contributed by atoms with E-state index in [1.807, 2.05) is 30.3 Å². The fourth-order valence-electron chi connectivity index (χ4n) is 3.61. The van der Waals surface area contributed by atoms with Gasteiger partial charge >= 0.3 is 0 Å². The second kappa shape index (κ2) is 6.26. The van der Waals surface area contributed by atoms with Crippen molar-refractivity contribution in [2.75, 3.05) is 0 Å². The predicted molar refractivity (Wildman–Crippen MR) is 113 cm³/mol. The minimum absolute atomic E-state index is 0.736. The first-order valence-electron chi connectivity index (χ1n) is 8.94. The summed E-state index contributed by atoms with van der Waals surface area (Å²) in [5, 5.41) is 0.736. The minimum atomic E-state index is 0.736. The van der Waals surface area contributed by atoms with Crippen molar-refractivity contribution < 1.29 is 0 Å². The number of nitrogens with zero attached hydrogens (tertiary/aromatic N) is 2. The van der Waals surface area contributed by atoms with E-state index in [1.165, 1.54) is 11.1 Å². The number of fused-ring (bicyclic) bond motifs is 3. The van der Waals surface area contributed by atoms with Crippen LogP contribution in [-0.4, -0.2) is 9.38 Å². The second-order valence-electron chi connectivity index (χ2n) is 6.77. The molecule has 0 bridgehead atoms. The molecule has 2 heterocycles. The summed E-state index contributed by atoms with van der Waals surface area (Å²) < 4.78 is 2.27. The van der Waals surface area contributed by atoms with E-state index in [0.717, 1.165) is 38.5 Å². The molecule has 130 valence electrons. The number of imidazole rings is 1. The predicted octanol–water partition coefficient (Wildman–Crippen LogP) is 6.78. The van der Waals surface area contributed by atoms with Gasteiger partial charge in [0.05, 0.1) is 16.7 Å². The first-order chi connectivity index (χ1) is 13.2. The van der Waals surface area contributed by atoms with Gasteiger partial charge in [0.25, 0.3) is 0 Å². The van der Waals surface area contributed by atoms with Crippen molar-refractivity contribution in [2.24, 2.45) is 0 Å². The smallest absolute Gasteiger partial charge is 0.146 e. The maximum Gasteiger partial charge on any atom is 0.146 e. The van der Waals surface area contributed by atoms with Crippen LogP contribution in [0.15, 0.2) is 84.9 Å². The third-order valence-electron chi connectivity index (χ3n) is 4.92. The van der Waals surface area contributed by atoms with Crippen molar-refractivity contribution in [1.29, 1.82) is 0 Å². The van der Waals surface area contributed by atoms with Gasteiger partial charge in [0.2, 0.25) is 0 Å². The van der Waals surface area contributed by atoms with E-state index < -0.39 is 0 Å². The Balaban J connectivity index is 1.90. The molecule has 0 aliphatic heterocycles. The average Bonchev–Trinajstić information content (AvgIpc) is 3.07. The molecular weight excluding hydrogens is 352 g/mol. The Morgan fingerprint density at radius 1 is 0.778 bits per heavy atom. The number of benzene rings is 3. The standard InChI is InChI=1S/C24H17ClN2/c1-16-7-13-21-23(15-16)27-22(18-5-3-2-4-6-18)14-12-20(24(27)26-21)17-8-10-19(25)11-9-17/h2-15H,1H3. The lowest BCUT2D eigenvalue weighted by atomic mass is 10.0. The van der Waals surface area contributed by atoms with Crippen LogP contribution in [0.4, 0.5) is 0 Å². The van der Waals surface area contributed by atoms with Crippen molar-refractivity contribution >= 4 is 28.3 Å². The van der Waals surface area contributed by atoms with Gasteiger partial charge < -0.3 is 0 Å². The van der Waals surface area contributed by atoms with Crippen molar-refractivity contribution in [3.8, 4) is 22.4 Å². The summed E-state index contributed by atoms with van der Waals surface area (Å²) in [6.07, 6.45) is 0. The minimum Gasteiger partial charge on any atom is -0.292 e. The highest BCUT2D eigenvalue weighted by Gasteiger charge is 2.14. The summed E-state index contributed by atoms with van der Waals surface area (Å²) in [6.45, 7) is 2.12. The molecule has 2 aromatic heterocycles. The van der Waals surface area contributed by atoms with Gasteiger partial charge in [-0.25, -0.2) is 4.98 Å². The number of aromatic nitrogens is 2. The molecule has 0 amide bonds. The van der Waals surface area contributed by atoms with Gasteiger partial charge in [0, 0.05) is 10.6 Å². The number of rotatable bonds is 2. The van der Waals surface area contributed by atoms with Gasteiger partial charge in [0.15, 0.2) is 0 Å². The van der Waals surface area contributed by atoms with Crippen LogP contribution in [0.25, 0.3) is 39.1 Å². The van der Waals surface area contributed by atoms with E-state index >= 15 is 0 Å². The second-order valence-corrected chi connectivity index (χ2v) is 7.20. The van der Waals surface area contributed by atoms with E-state index in [4.69, 9.17) is 16.6 Å². The maximum atomic E-state index is 6.08. The third kappa shape index (κ3) is 2.70. The molecule has 0 radical (unpaired) electrons. The van der Waals surface area contributed by atoms with Crippen LogP contribution in [0.2, 0.25) is 5.02 Å². The number of pyridine rings is 1. The fourth-order valence-corrected chi connectivity index (χ4v) is 3.74. The summed E-state index contributed by atoms with van der Waals surface area (Å²) in [5.41, 5.74) is 8.82. The van der Waals surface area contributed by atoms with Crippen LogP contribution in [0.3, 0.4) is 0 Å². The Kier molecular flexibility index (Phi) is 3.73. The summed E-state index contributed by atoms with van der Waals surface area (Å²) >= 11 is 6.08. The molecule has 0 N–H and O–H groups in total. The van der Waals surface area contributed by atoms with Crippen LogP contribution in [0.5, 0.6) is 0 Å². The average molecular weight is 369 g/mol. The number of hydrogen-bond donors (Lipinski definition) is 0. The topological polar surface area (TPSA) is 17.3 Å². The van der Waals surface area contributed by atoms with Crippen molar-refractivity contribution in [3.63, 3.8) is 0 Å². The monoisotopic (exact) mass is 368 g/mol. The Bertz CT molecular complexity index is 1270. The molecule has 5 aromatic rings. The zero-order valence-electron chi connectivity index (χ0n) is 14.9. The Labute approximate surface area is 162 Å². The van der Waals surface area contributed by atoms with Gasteiger partial charge in [-0.3, -0.25) is 4.40 Å². The summed E-state index contributed by atoms with van der Waals surface area (Å²) in [4.78, 5) is 4.97. The highest BCUT2D eigenvalue weighted by molar-refractivity contribution is 6.30. The summed E-state index contributed by atoms with van der Waals surface area (Å²) in [5.74, 6) is 0. The molecule has 5 rings (SSSR count). The van der Waals surface area contributed by atoms with Crippen LogP contribution in [-0.2, 0) is 0 Å². The molecule has 3 aromatic carbocycles. The normalized spacial score (nSPS) is 11.3. The zero-order valence-corrected chi connectivity index (χ0v) is 15.6. The Morgan fingerprint density at radius 3 is 2.33 bits per heavy atom. The molecule has 0 fully saturated rings. The highest BCUT2D eigenvalue weighted by atomic mass is 35.5. The van der Waals surface area contributed by atoms with Crippen LogP contribution in [0.1, 0.15) is 5.56 Å². The van der Waals surface area contributed by atoms with Gasteiger partial charge in [-0.2, -0.15) is 0 Å². The lowest BCUT2D eigenvalue weighted by molar-refractivity contribution is 1.23. The van der Waals surface area contributed by atoms with E-state index in [1.54, 1.807) is 0 Å². The van der Waals surface area contributed by atoms with Crippen LogP contribution in [0, 0.1) is 6.92 Å². The number of hydrogen-bond acceptors (Lipinski definition) is 1. The molecular formula is C24H17ClN2. The number of aryl methyl sites for hydroxylation is 1. The molecule has 0 unspecified atom stereocenters. The fraction of sp³-hybridized carbons (Fsp3) is 0.0417. The van der Waals surface area contributed by atoms with Crippen LogP contribution < -0.4 is 0 Å². The van der Waals surface area contributed by atoms with Gasteiger partial charge in [-0.05, 0) is 60.0 Å². The highest BCUT2D eigenvalue weighted by Crippen LogP contribution is 2.33. The SMILES string of the molecule is Cc1ccc2nc3c(-c4ccc(Cl)cc4)ccc(-c4ccccc4)n3c2c1. The van der Waals surface area contributed by atoms with E-state index in [-0.39, 0.29) is 0 Å². The van der Waals surface area contributed by atoms with Gasteiger partial charge in [-0.1, -0.05) is 60.1 Å². The van der Waals surface area contributed by atoms with Crippen LogP contribution >= 0.6 is 11.6 Å². The largest absolute Gasteiger partial charge is 0.292 e. The molecule has 0 saturated carbocycles. The molecule has 3 heteroatoms. The van der Waals surface area contributed by atoms with Crippen molar-refractivity contribution in [3.05, 3.63) is 95.5 Å². The third-order valence-corrected chi connectivity index (χ3v) is 5.18. The van der Waals surface area contributed by atoms with E-state index in [2.05, 4.69) is 65.9 Å². The number of halogens is 1. The molecule has 27 heavy (non-hydrogen) atoms. The lowest BCUT2D eigenvalue weighted by Crippen LogP contribution is -1.94. The molecule has 2 nitrogen and oxygen atoms in total. The lowest BCUT2D eigenvalue weighted by Gasteiger charge is -2.11. The van der Waals surface area contributed by atoms with E-state index in [9.17, 15) is 0 Å². The molecule has 0 saturated heterocycles. The first kappa shape index (κ1) is 16.1. The summed E-state index contributed by atoms with van der Waals surface area (Å²) in [7, 11) is 0. The quantitative estimate of drug-likeness (QED) is 0.335.